The lowest BCUT2D eigenvalue weighted by Gasteiger charge is -2.27. The van der Waals surface area contributed by atoms with Crippen LogP contribution < -0.4 is 29.8 Å². The predicted molar refractivity (Wildman–Crippen MR) is 268 cm³/mol. The zero-order valence-corrected chi connectivity index (χ0v) is 39.4. The van der Waals surface area contributed by atoms with Crippen LogP contribution in [0.25, 0.3) is 0 Å². The first-order valence-corrected chi connectivity index (χ1v) is 29.2. The summed E-state index contributed by atoms with van der Waals surface area (Å²) in [5.41, 5.74) is 0. The van der Waals surface area contributed by atoms with Crippen LogP contribution in [0.5, 0.6) is 0 Å². The van der Waals surface area contributed by atoms with Crippen molar-refractivity contribution < 1.29 is 43.4 Å². The number of hydrogen-bond acceptors (Lipinski definition) is 15. The molecule has 14 nitrogen and oxygen atoms in total. The van der Waals surface area contributed by atoms with Crippen LogP contribution in [-0.4, -0.2) is 134 Å². The smallest absolute Gasteiger partial charge is 0.189 e. The summed E-state index contributed by atoms with van der Waals surface area (Å²) >= 11 is 4.49. The number of nitrogens with zero attached hydrogens (tertiary/aromatic N) is 4. The standard InChI is InChI=1S/C18H42N2O6P2S2.C17H35N3.6CH4.H3O3PS/c1-18(11-9-12-19-13-17-30-28(24,25)26)10-5-7-15-20(2)14-6-3-4-8-16-29-27(21,22)23;1-17(8-5-11-19-13-14-19)7-3-4-9-18(2)10-6-12-20-15-16-20;;;;;;;1-4(2,3)5/h18-19H,3-17H2,1-2H3,(H2,21,22,23)(H2,24,25,26);17H,3-16H2,1-2H3;6*1H4;(H3,1,2,3,5)/p-5. The SMILES string of the molecule is C.C.C.C.C.C.CC(CCCCN(C)CCCCCCSP(=O)([O-])O)CCCNCCSP(=O)([O-])[O-].CC(CCCCN(C)CCCN1CC1)CCCN1CC1.[O-]P([O-])(O)=S. The third kappa shape index (κ3) is 70.5. The lowest BCUT2D eigenvalue weighted by Crippen LogP contribution is -2.22. The highest BCUT2D eigenvalue weighted by molar-refractivity contribution is 8.54. The topological polar surface area (TPSA) is 214 Å². The molecule has 380 valence electrons. The highest BCUT2D eigenvalue weighted by Crippen LogP contribution is 2.46. The van der Waals surface area contributed by atoms with E-state index in [0.29, 0.717) is 46.7 Å². The largest absolute Gasteiger partial charge is 0.812 e. The van der Waals surface area contributed by atoms with Gasteiger partial charge in [0.25, 0.3) is 0 Å². The van der Waals surface area contributed by atoms with Gasteiger partial charge in [0, 0.05) is 44.2 Å². The summed E-state index contributed by atoms with van der Waals surface area (Å²) in [5.74, 6) is 2.38. The van der Waals surface area contributed by atoms with E-state index in [4.69, 9.17) is 19.6 Å². The number of rotatable bonds is 34. The second-order valence-electron chi connectivity index (χ2n) is 15.3. The Kier molecular flexibility index (Phi) is 58.3. The summed E-state index contributed by atoms with van der Waals surface area (Å²) in [6.45, 7) is 6.02. The minimum Gasteiger partial charge on any atom is -0.812 e. The molecule has 0 saturated carbocycles. The Morgan fingerprint density at radius 2 is 0.951 bits per heavy atom. The Morgan fingerprint density at radius 3 is 1.38 bits per heavy atom. The molecule has 2 aliphatic rings. The van der Waals surface area contributed by atoms with Gasteiger partial charge in [-0.05, 0) is 136 Å². The molecular formula is C41H99N5O9P3S3-5. The van der Waals surface area contributed by atoms with Gasteiger partial charge in [-0.3, -0.25) is 4.57 Å². The molecule has 2 saturated heterocycles. The summed E-state index contributed by atoms with van der Waals surface area (Å²) in [4.78, 5) is 75.6. The van der Waals surface area contributed by atoms with E-state index >= 15 is 0 Å². The van der Waals surface area contributed by atoms with Crippen molar-refractivity contribution in [3.8, 4) is 0 Å². The van der Waals surface area contributed by atoms with Crippen molar-refractivity contribution in [1.29, 1.82) is 0 Å². The molecule has 0 amide bonds. The molecular weight excluding hydrogens is 896 g/mol. The van der Waals surface area contributed by atoms with E-state index in [1.807, 2.05) is 0 Å². The van der Waals surface area contributed by atoms with Crippen LogP contribution in [0.1, 0.15) is 155 Å². The zero-order chi connectivity index (χ0) is 41.6. The fourth-order valence-corrected chi connectivity index (χ4v) is 9.07. The molecule has 2 fully saturated rings. The third-order valence-electron chi connectivity index (χ3n) is 9.51. The van der Waals surface area contributed by atoms with Crippen molar-refractivity contribution in [1.82, 2.24) is 24.9 Å². The second kappa shape index (κ2) is 46.4. The second-order valence-corrected chi connectivity index (χ2v) is 25.1. The van der Waals surface area contributed by atoms with Gasteiger partial charge in [0.2, 0.25) is 0 Å². The van der Waals surface area contributed by atoms with Crippen LogP contribution >= 0.6 is 43.1 Å². The number of nitrogens with one attached hydrogen (secondary N) is 1. The van der Waals surface area contributed by atoms with Gasteiger partial charge in [0.1, 0.15) is 0 Å². The van der Waals surface area contributed by atoms with Crippen molar-refractivity contribution in [3.63, 3.8) is 0 Å². The average molecular weight is 995 g/mol. The lowest BCUT2D eigenvalue weighted by molar-refractivity contribution is -0.316. The normalized spacial score (nSPS) is 15.3. The molecule has 2 aliphatic heterocycles. The van der Waals surface area contributed by atoms with Crippen molar-refractivity contribution in [3.05, 3.63) is 0 Å². The number of hydrogen-bond donors (Lipinski definition) is 3. The first kappa shape index (κ1) is 76.6. The molecule has 0 aromatic carbocycles. The summed E-state index contributed by atoms with van der Waals surface area (Å²) in [6, 6.07) is 0. The lowest BCUT2D eigenvalue weighted by atomic mass is 9.98. The molecule has 0 spiro atoms. The Bertz CT molecular complexity index is 982. The molecule has 2 heterocycles. The van der Waals surface area contributed by atoms with Gasteiger partial charge in [0.05, 0.1) is 0 Å². The van der Waals surface area contributed by atoms with Crippen molar-refractivity contribution in [2.75, 3.05) is 104 Å². The van der Waals surface area contributed by atoms with E-state index < -0.39 is 20.3 Å². The molecule has 0 aromatic rings. The fraction of sp³-hybridized carbons (Fsp3) is 1.00. The van der Waals surface area contributed by atoms with Crippen LogP contribution in [0.2, 0.25) is 0 Å². The molecule has 0 bridgehead atoms. The molecule has 0 radical (unpaired) electrons. The first-order valence-electron chi connectivity index (χ1n) is 20.4. The maximum atomic E-state index is 10.6. The Balaban J connectivity index is -0.000000164. The maximum Gasteiger partial charge on any atom is 0.189 e. The van der Waals surface area contributed by atoms with Crippen LogP contribution in [0.15, 0.2) is 0 Å². The van der Waals surface area contributed by atoms with Gasteiger partial charge < -0.3 is 63.7 Å². The van der Waals surface area contributed by atoms with Crippen LogP contribution in [-0.2, 0) is 20.9 Å². The van der Waals surface area contributed by atoms with Crippen LogP contribution in [0.4, 0.5) is 0 Å². The van der Waals surface area contributed by atoms with E-state index in [-0.39, 0.29) is 44.6 Å². The molecule has 3 unspecified atom stereocenters. The summed E-state index contributed by atoms with van der Waals surface area (Å²) in [6.07, 6.45) is 18.2. The Hall–Kier alpha value is 1.33. The van der Waals surface area contributed by atoms with Crippen molar-refractivity contribution >= 4 is 54.9 Å². The number of unbranched alkanes of at least 4 members (excludes halogenated alkanes) is 5. The molecule has 61 heavy (non-hydrogen) atoms. The molecule has 0 aliphatic carbocycles. The minimum absolute atomic E-state index is 0. The van der Waals surface area contributed by atoms with Gasteiger partial charge in [-0.25, -0.2) is 0 Å². The van der Waals surface area contributed by atoms with E-state index in [1.165, 1.54) is 110 Å². The minimum atomic E-state index is -4.43. The Morgan fingerprint density at radius 1 is 0.574 bits per heavy atom. The average Bonchev–Trinajstić information content (AvgIpc) is 4.00. The molecule has 3 N–H and O–H groups in total. The van der Waals surface area contributed by atoms with E-state index in [1.54, 1.807) is 0 Å². The Labute approximate surface area is 392 Å². The van der Waals surface area contributed by atoms with E-state index in [2.05, 4.69) is 64.7 Å². The van der Waals surface area contributed by atoms with E-state index in [0.717, 1.165) is 64.1 Å². The monoisotopic (exact) mass is 995 g/mol. The zero-order valence-electron chi connectivity index (χ0n) is 34.3. The highest BCUT2D eigenvalue weighted by atomic mass is 32.7. The van der Waals surface area contributed by atoms with Gasteiger partial charge >= 0.3 is 0 Å². The fourth-order valence-electron chi connectivity index (χ4n) is 6.02. The molecule has 2 rings (SSSR count). The van der Waals surface area contributed by atoms with Gasteiger partial charge in [-0.2, -0.15) is 0 Å². The third-order valence-corrected chi connectivity index (χ3v) is 14.0. The molecule has 0 aromatic heterocycles. The van der Waals surface area contributed by atoms with Crippen molar-refractivity contribution in [2.45, 2.75) is 155 Å². The molecule has 3 atom stereocenters. The van der Waals surface area contributed by atoms with Crippen LogP contribution in [0, 0.1) is 11.8 Å². The summed E-state index contributed by atoms with van der Waals surface area (Å²) in [5, 5.41) is 3.17. The van der Waals surface area contributed by atoms with Gasteiger partial charge in [0.15, 0.2) is 6.80 Å². The van der Waals surface area contributed by atoms with Gasteiger partial charge in [-0.1, -0.05) is 115 Å². The first-order chi connectivity index (χ1) is 25.7. The van der Waals surface area contributed by atoms with Gasteiger partial charge in [-0.15, -0.1) is 23.2 Å². The van der Waals surface area contributed by atoms with E-state index in [9.17, 15) is 23.8 Å². The highest BCUT2D eigenvalue weighted by Gasteiger charge is 2.17. The summed E-state index contributed by atoms with van der Waals surface area (Å²) < 4.78 is 21.1. The van der Waals surface area contributed by atoms with Crippen LogP contribution in [0.3, 0.4) is 0 Å². The maximum absolute atomic E-state index is 10.6. The molecule has 20 heteroatoms. The predicted octanol–water partition coefficient (Wildman–Crippen LogP) is 6.68. The van der Waals surface area contributed by atoms with Crippen molar-refractivity contribution in [2.24, 2.45) is 11.8 Å². The quantitative estimate of drug-likeness (QED) is 0.0348. The summed E-state index contributed by atoms with van der Waals surface area (Å²) in [7, 11) is 4.43.